The van der Waals surface area contributed by atoms with Gasteiger partial charge in [-0.2, -0.15) is 0 Å². The molecule has 0 aliphatic rings. The lowest BCUT2D eigenvalue weighted by Crippen LogP contribution is -2.19. The number of allylic oxidation sites excluding steroid dienone is 2. The van der Waals surface area contributed by atoms with Crippen molar-refractivity contribution in [3.8, 4) is 0 Å². The number of nitrogens with zero attached hydrogens (tertiary/aromatic N) is 1. The Morgan fingerprint density at radius 3 is 2.76 bits per heavy atom. The minimum absolute atomic E-state index is 0.351. The van der Waals surface area contributed by atoms with Gasteiger partial charge in [-0.3, -0.25) is 4.98 Å². The maximum Gasteiger partial charge on any atom is 0.354 e. The van der Waals surface area contributed by atoms with E-state index in [1.165, 1.54) is 7.11 Å². The van der Waals surface area contributed by atoms with Crippen molar-refractivity contribution in [1.29, 1.82) is 0 Å². The van der Waals surface area contributed by atoms with E-state index in [9.17, 15) is 4.79 Å². The molecule has 90 valence electrons. The van der Waals surface area contributed by atoms with Crippen LogP contribution in [0.15, 0.2) is 36.7 Å². The topological polar surface area (TPSA) is 51.2 Å². The van der Waals surface area contributed by atoms with Crippen LogP contribution < -0.4 is 5.32 Å². The van der Waals surface area contributed by atoms with E-state index < -0.39 is 5.97 Å². The first-order chi connectivity index (χ1) is 8.15. The van der Waals surface area contributed by atoms with Gasteiger partial charge in [-0.25, -0.2) is 4.79 Å². The smallest absolute Gasteiger partial charge is 0.354 e. The summed E-state index contributed by atoms with van der Waals surface area (Å²) >= 11 is 0. The van der Waals surface area contributed by atoms with Crippen LogP contribution in [0.3, 0.4) is 0 Å². The Bertz CT molecular complexity index is 464. The van der Waals surface area contributed by atoms with Crippen LogP contribution in [0.5, 0.6) is 0 Å². The Morgan fingerprint density at radius 1 is 1.59 bits per heavy atom. The van der Waals surface area contributed by atoms with E-state index in [4.69, 9.17) is 4.74 Å². The first-order valence-corrected chi connectivity index (χ1v) is 5.20. The lowest BCUT2D eigenvalue weighted by atomic mass is 10.0. The van der Waals surface area contributed by atoms with E-state index >= 15 is 0 Å². The summed E-state index contributed by atoms with van der Waals surface area (Å²) < 4.78 is 4.71. The summed E-state index contributed by atoms with van der Waals surface area (Å²) in [6.45, 7) is 5.65. The molecule has 1 heterocycles. The fraction of sp³-hybridized carbons (Fsp3) is 0.231. The highest BCUT2D eigenvalue weighted by Gasteiger charge is 2.16. The molecule has 0 atom stereocenters. The number of likely N-dealkylation sites (N-methyl/N-ethyl adjacent to an activating group) is 1. The van der Waals surface area contributed by atoms with Crippen LogP contribution in [-0.4, -0.2) is 25.1 Å². The Morgan fingerprint density at radius 2 is 2.29 bits per heavy atom. The van der Waals surface area contributed by atoms with Crippen LogP contribution in [0.4, 0.5) is 0 Å². The van der Waals surface area contributed by atoms with Gasteiger partial charge >= 0.3 is 5.97 Å². The molecule has 0 saturated carbocycles. The van der Waals surface area contributed by atoms with E-state index in [0.717, 1.165) is 11.3 Å². The molecule has 0 fully saturated rings. The first kappa shape index (κ1) is 13.0. The molecule has 0 amide bonds. The second-order valence-corrected chi connectivity index (χ2v) is 3.40. The molecule has 1 N–H and O–H groups in total. The SMILES string of the molecule is C=C/C(=C(\NC)C(=O)OC)c1ncccc1C. The van der Waals surface area contributed by atoms with Gasteiger partial charge in [0.05, 0.1) is 12.8 Å². The molecular weight excluding hydrogens is 216 g/mol. The van der Waals surface area contributed by atoms with Crippen LogP contribution in [0.2, 0.25) is 0 Å². The normalized spacial score (nSPS) is 11.5. The van der Waals surface area contributed by atoms with Crippen LogP contribution >= 0.6 is 0 Å². The molecule has 0 radical (unpaired) electrons. The molecule has 4 nitrogen and oxygen atoms in total. The number of pyridine rings is 1. The molecule has 17 heavy (non-hydrogen) atoms. The summed E-state index contributed by atoms with van der Waals surface area (Å²) in [6, 6.07) is 3.77. The third-order valence-electron chi connectivity index (χ3n) is 2.38. The Balaban J connectivity index is 3.40. The number of nitrogens with one attached hydrogen (secondary N) is 1. The van der Waals surface area contributed by atoms with Gasteiger partial charge < -0.3 is 10.1 Å². The number of carbonyl (C=O) groups excluding carboxylic acids is 1. The summed E-state index contributed by atoms with van der Waals surface area (Å²) in [7, 11) is 3.00. The molecule has 4 heteroatoms. The molecule has 1 aromatic rings. The van der Waals surface area contributed by atoms with E-state index in [0.29, 0.717) is 11.3 Å². The van der Waals surface area contributed by atoms with Gasteiger partial charge in [-0.05, 0) is 18.6 Å². The molecule has 0 unspecified atom stereocenters. The molecule has 0 aliphatic carbocycles. The monoisotopic (exact) mass is 232 g/mol. The lowest BCUT2D eigenvalue weighted by molar-refractivity contribution is -0.136. The van der Waals surface area contributed by atoms with E-state index in [2.05, 4.69) is 16.9 Å². The van der Waals surface area contributed by atoms with E-state index in [1.807, 2.05) is 19.1 Å². The maximum atomic E-state index is 11.6. The van der Waals surface area contributed by atoms with Gasteiger partial charge in [-0.1, -0.05) is 18.7 Å². The number of hydrogen-bond acceptors (Lipinski definition) is 4. The second-order valence-electron chi connectivity index (χ2n) is 3.40. The van der Waals surface area contributed by atoms with Gasteiger partial charge in [0.25, 0.3) is 0 Å². The number of methoxy groups -OCH3 is 1. The zero-order valence-electron chi connectivity index (χ0n) is 10.3. The number of carbonyl (C=O) groups is 1. The third-order valence-corrected chi connectivity index (χ3v) is 2.38. The van der Waals surface area contributed by atoms with Gasteiger partial charge in [-0.15, -0.1) is 0 Å². The molecule has 1 aromatic heterocycles. The summed E-state index contributed by atoms with van der Waals surface area (Å²) in [5.74, 6) is -0.438. The molecule has 0 saturated heterocycles. The van der Waals surface area contributed by atoms with Crippen molar-refractivity contribution in [1.82, 2.24) is 10.3 Å². The minimum atomic E-state index is -0.438. The molecular formula is C13H16N2O2. The van der Waals surface area contributed by atoms with Gasteiger partial charge in [0.15, 0.2) is 0 Å². The van der Waals surface area contributed by atoms with Gasteiger partial charge in [0.1, 0.15) is 5.70 Å². The van der Waals surface area contributed by atoms with Crippen LogP contribution in [0, 0.1) is 6.92 Å². The molecule has 1 rings (SSSR count). The predicted octanol–water partition coefficient (Wildman–Crippen LogP) is 1.68. The fourth-order valence-corrected chi connectivity index (χ4v) is 1.53. The Labute approximate surface area is 101 Å². The summed E-state index contributed by atoms with van der Waals surface area (Å²) in [6.07, 6.45) is 3.27. The summed E-state index contributed by atoms with van der Waals surface area (Å²) in [5, 5.41) is 2.82. The van der Waals surface area contributed by atoms with Crippen molar-refractivity contribution in [2.45, 2.75) is 6.92 Å². The third kappa shape index (κ3) is 2.72. The average molecular weight is 232 g/mol. The van der Waals surface area contributed by atoms with Crippen molar-refractivity contribution >= 4 is 11.5 Å². The second kappa shape index (κ2) is 5.84. The zero-order chi connectivity index (χ0) is 12.8. The summed E-state index contributed by atoms with van der Waals surface area (Å²) in [4.78, 5) is 15.9. The zero-order valence-corrected chi connectivity index (χ0v) is 10.3. The number of hydrogen-bond donors (Lipinski definition) is 1. The van der Waals surface area contributed by atoms with Crippen LogP contribution in [-0.2, 0) is 9.53 Å². The maximum absolute atomic E-state index is 11.6. The quantitative estimate of drug-likeness (QED) is 0.487. The highest BCUT2D eigenvalue weighted by Crippen LogP contribution is 2.20. The Kier molecular flexibility index (Phi) is 4.46. The van der Waals surface area contributed by atoms with Crippen molar-refractivity contribution in [3.63, 3.8) is 0 Å². The first-order valence-electron chi connectivity index (χ1n) is 5.20. The molecule has 0 aromatic carbocycles. The highest BCUT2D eigenvalue weighted by molar-refractivity contribution is 5.99. The van der Waals surface area contributed by atoms with Crippen molar-refractivity contribution < 1.29 is 9.53 Å². The van der Waals surface area contributed by atoms with Gasteiger partial charge in [0, 0.05) is 18.8 Å². The highest BCUT2D eigenvalue weighted by atomic mass is 16.5. The summed E-state index contributed by atoms with van der Waals surface area (Å²) in [5.41, 5.74) is 2.68. The standard InChI is InChI=1S/C13H16N2O2/c1-5-10(12(14-3)13(16)17-4)11-9(2)7-6-8-15-11/h5-8,14H,1H2,2-4H3/b12-10+. The lowest BCUT2D eigenvalue weighted by Gasteiger charge is -2.11. The molecule has 0 bridgehead atoms. The van der Waals surface area contributed by atoms with Crippen molar-refractivity contribution in [2.75, 3.05) is 14.2 Å². The van der Waals surface area contributed by atoms with Crippen molar-refractivity contribution in [3.05, 3.63) is 47.9 Å². The number of rotatable bonds is 4. The minimum Gasteiger partial charge on any atom is -0.464 e. The van der Waals surface area contributed by atoms with E-state index in [-0.39, 0.29) is 0 Å². The Hall–Kier alpha value is -2.10. The number of aromatic nitrogens is 1. The molecule has 0 aliphatic heterocycles. The van der Waals surface area contributed by atoms with E-state index in [1.54, 1.807) is 19.3 Å². The van der Waals surface area contributed by atoms with Crippen LogP contribution in [0.1, 0.15) is 11.3 Å². The van der Waals surface area contributed by atoms with Crippen LogP contribution in [0.25, 0.3) is 5.57 Å². The number of ether oxygens (including phenoxy) is 1. The number of aryl methyl sites for hydroxylation is 1. The largest absolute Gasteiger partial charge is 0.464 e. The molecule has 0 spiro atoms. The predicted molar refractivity (Wildman–Crippen MR) is 67.2 cm³/mol. The van der Waals surface area contributed by atoms with Gasteiger partial charge in [0.2, 0.25) is 0 Å². The fourth-order valence-electron chi connectivity index (χ4n) is 1.53. The average Bonchev–Trinajstić information content (AvgIpc) is 2.36. The van der Waals surface area contributed by atoms with Crippen molar-refractivity contribution in [2.24, 2.45) is 0 Å². The number of esters is 1.